The van der Waals surface area contributed by atoms with Crippen LogP contribution in [0, 0.1) is 5.95 Å². The van der Waals surface area contributed by atoms with Gasteiger partial charge in [0.2, 0.25) is 5.95 Å². The molecular formula is C16H20FN5OS. The molecule has 1 aromatic heterocycles. The Hall–Kier alpha value is -1.80. The van der Waals surface area contributed by atoms with Crippen molar-refractivity contribution in [1.29, 1.82) is 0 Å². The molecule has 0 radical (unpaired) electrons. The van der Waals surface area contributed by atoms with Crippen LogP contribution in [0.25, 0.3) is 0 Å². The van der Waals surface area contributed by atoms with Gasteiger partial charge in [-0.15, -0.1) is 0 Å². The van der Waals surface area contributed by atoms with Crippen LogP contribution in [-0.2, 0) is 0 Å². The lowest BCUT2D eigenvalue weighted by atomic mass is 10.1. The number of fused-ring (bicyclic) bond motifs is 1. The Balaban J connectivity index is 1.38. The second kappa shape index (κ2) is 6.60. The molecule has 2 fully saturated rings. The van der Waals surface area contributed by atoms with Gasteiger partial charge in [0.15, 0.2) is 5.11 Å². The molecule has 6 nitrogen and oxygen atoms in total. The van der Waals surface area contributed by atoms with Gasteiger partial charge in [-0.1, -0.05) is 0 Å². The van der Waals surface area contributed by atoms with Crippen LogP contribution >= 0.6 is 12.2 Å². The van der Waals surface area contributed by atoms with Gasteiger partial charge in [-0.05, 0) is 37.2 Å². The van der Waals surface area contributed by atoms with Gasteiger partial charge in [0.25, 0.3) is 0 Å². The van der Waals surface area contributed by atoms with Gasteiger partial charge in [-0.25, -0.2) is 4.98 Å². The molecule has 1 saturated heterocycles. The summed E-state index contributed by atoms with van der Waals surface area (Å²) in [6.45, 7) is 4.44. The number of hydrogen-bond acceptors (Lipinski definition) is 5. The van der Waals surface area contributed by atoms with Gasteiger partial charge < -0.3 is 9.64 Å². The fraction of sp³-hybridized carbons (Fsp3) is 0.562. The fourth-order valence-electron chi connectivity index (χ4n) is 3.15. The molecule has 1 aliphatic carbocycles. The van der Waals surface area contributed by atoms with Crippen LogP contribution in [-0.4, -0.2) is 64.4 Å². The standard InChI is InChI=1S/C16H20FN5OS/c17-14-4-3-13-15(18-14)12(5-10-23-13)19-20-16(24)22-8-6-21(7-9-22)11-1-2-11/h3-4,11H,1-2,5-10H2,(H,20,24)/b19-12-. The molecule has 24 heavy (non-hydrogen) atoms. The lowest BCUT2D eigenvalue weighted by Crippen LogP contribution is -2.51. The molecule has 0 spiro atoms. The second-order valence-corrected chi connectivity index (χ2v) is 6.70. The quantitative estimate of drug-likeness (QED) is 0.494. The molecule has 2 aliphatic heterocycles. The summed E-state index contributed by atoms with van der Waals surface area (Å²) in [6.07, 6.45) is 3.25. The molecule has 0 unspecified atom stereocenters. The SMILES string of the molecule is Fc1ccc2c(n1)/C(=N\NC(=S)N1CCN(C3CC3)CC1)CCO2. The van der Waals surface area contributed by atoms with Crippen LogP contribution in [0.1, 0.15) is 25.0 Å². The van der Waals surface area contributed by atoms with E-state index in [2.05, 4.69) is 25.3 Å². The molecule has 4 rings (SSSR count). The van der Waals surface area contributed by atoms with Crippen LogP contribution in [0.5, 0.6) is 5.75 Å². The van der Waals surface area contributed by atoms with Crippen molar-refractivity contribution in [1.82, 2.24) is 20.2 Å². The van der Waals surface area contributed by atoms with Gasteiger partial charge in [-0.3, -0.25) is 10.3 Å². The van der Waals surface area contributed by atoms with E-state index >= 15 is 0 Å². The first-order chi connectivity index (χ1) is 11.7. The summed E-state index contributed by atoms with van der Waals surface area (Å²) in [6, 6.07) is 3.68. The number of hydrazone groups is 1. The normalized spacial score (nSPS) is 22.9. The highest BCUT2D eigenvalue weighted by atomic mass is 32.1. The number of piperazine rings is 1. The summed E-state index contributed by atoms with van der Waals surface area (Å²) >= 11 is 5.45. The third-order valence-electron chi connectivity index (χ3n) is 4.65. The maximum absolute atomic E-state index is 13.4. The van der Waals surface area contributed by atoms with Gasteiger partial charge in [0.05, 0.1) is 12.3 Å². The summed E-state index contributed by atoms with van der Waals surface area (Å²) in [4.78, 5) is 8.57. The first kappa shape index (κ1) is 15.7. The molecule has 8 heteroatoms. The first-order valence-electron chi connectivity index (χ1n) is 8.36. The molecule has 0 bridgehead atoms. The lowest BCUT2D eigenvalue weighted by molar-refractivity contribution is 0.173. The maximum atomic E-state index is 13.4. The molecule has 3 aliphatic rings. The Bertz CT molecular complexity index is 670. The average Bonchev–Trinajstić information content (AvgIpc) is 3.45. The summed E-state index contributed by atoms with van der Waals surface area (Å²) in [5.41, 5.74) is 4.08. The van der Waals surface area contributed by atoms with E-state index in [1.807, 2.05) is 0 Å². The van der Waals surface area contributed by atoms with Crippen molar-refractivity contribution < 1.29 is 9.13 Å². The molecule has 0 aromatic carbocycles. The largest absolute Gasteiger partial charge is 0.491 e. The number of ether oxygens (including phenoxy) is 1. The number of nitrogens with one attached hydrogen (secondary N) is 1. The molecule has 1 aromatic rings. The number of nitrogens with zero attached hydrogens (tertiary/aromatic N) is 4. The predicted octanol–water partition coefficient (Wildman–Crippen LogP) is 1.36. The van der Waals surface area contributed by atoms with Gasteiger partial charge in [0.1, 0.15) is 11.4 Å². The number of halogens is 1. The van der Waals surface area contributed by atoms with Crippen molar-refractivity contribution in [2.75, 3.05) is 32.8 Å². The highest BCUT2D eigenvalue weighted by Crippen LogP contribution is 2.27. The summed E-state index contributed by atoms with van der Waals surface area (Å²) in [5, 5.41) is 4.98. The van der Waals surface area contributed by atoms with E-state index in [-0.39, 0.29) is 0 Å². The van der Waals surface area contributed by atoms with E-state index in [1.54, 1.807) is 6.07 Å². The van der Waals surface area contributed by atoms with Gasteiger partial charge in [-0.2, -0.15) is 9.49 Å². The van der Waals surface area contributed by atoms with Crippen molar-refractivity contribution in [2.24, 2.45) is 5.10 Å². The Morgan fingerprint density at radius 2 is 2.08 bits per heavy atom. The monoisotopic (exact) mass is 349 g/mol. The molecule has 128 valence electrons. The van der Waals surface area contributed by atoms with Crippen molar-refractivity contribution in [3.8, 4) is 5.75 Å². The molecule has 0 amide bonds. The number of thiocarbonyl (C=S) groups is 1. The maximum Gasteiger partial charge on any atom is 0.213 e. The van der Waals surface area contributed by atoms with E-state index < -0.39 is 5.95 Å². The minimum absolute atomic E-state index is 0.454. The third kappa shape index (κ3) is 3.34. The molecule has 0 atom stereocenters. The summed E-state index contributed by atoms with van der Waals surface area (Å²) in [7, 11) is 0. The molecular weight excluding hydrogens is 329 g/mol. The predicted molar refractivity (Wildman–Crippen MR) is 92.7 cm³/mol. The van der Waals surface area contributed by atoms with E-state index in [0.717, 1.165) is 32.2 Å². The second-order valence-electron chi connectivity index (χ2n) is 6.31. The van der Waals surface area contributed by atoms with Crippen LogP contribution in [0.3, 0.4) is 0 Å². The zero-order chi connectivity index (χ0) is 16.5. The van der Waals surface area contributed by atoms with Crippen LogP contribution in [0.2, 0.25) is 0 Å². The fourth-order valence-corrected chi connectivity index (χ4v) is 3.37. The van der Waals surface area contributed by atoms with Crippen LogP contribution in [0.15, 0.2) is 17.2 Å². The number of pyridine rings is 1. The topological polar surface area (TPSA) is 53.0 Å². The first-order valence-corrected chi connectivity index (χ1v) is 8.77. The Morgan fingerprint density at radius 1 is 1.29 bits per heavy atom. The third-order valence-corrected chi connectivity index (χ3v) is 4.99. The minimum atomic E-state index is -0.536. The highest BCUT2D eigenvalue weighted by molar-refractivity contribution is 7.80. The molecule has 1 N–H and O–H groups in total. The van der Waals surface area contributed by atoms with Crippen molar-refractivity contribution >= 4 is 23.0 Å². The summed E-state index contributed by atoms with van der Waals surface area (Å²) < 4.78 is 18.9. The number of aromatic nitrogens is 1. The van der Waals surface area contributed by atoms with Gasteiger partial charge >= 0.3 is 0 Å². The van der Waals surface area contributed by atoms with E-state index in [4.69, 9.17) is 17.0 Å². The van der Waals surface area contributed by atoms with E-state index in [1.165, 1.54) is 18.9 Å². The number of rotatable bonds is 2. The van der Waals surface area contributed by atoms with E-state index in [9.17, 15) is 4.39 Å². The molecule has 3 heterocycles. The molecule has 1 saturated carbocycles. The lowest BCUT2D eigenvalue weighted by Gasteiger charge is -2.35. The minimum Gasteiger partial charge on any atom is -0.491 e. The highest BCUT2D eigenvalue weighted by Gasteiger charge is 2.31. The Kier molecular flexibility index (Phi) is 4.32. The van der Waals surface area contributed by atoms with Crippen molar-refractivity contribution in [2.45, 2.75) is 25.3 Å². The number of hydrogen-bond donors (Lipinski definition) is 1. The van der Waals surface area contributed by atoms with Crippen molar-refractivity contribution in [3.63, 3.8) is 0 Å². The van der Waals surface area contributed by atoms with E-state index in [0.29, 0.717) is 35.3 Å². The smallest absolute Gasteiger partial charge is 0.213 e. The van der Waals surface area contributed by atoms with Crippen molar-refractivity contribution in [3.05, 3.63) is 23.8 Å². The Morgan fingerprint density at radius 3 is 2.83 bits per heavy atom. The Labute approximate surface area is 145 Å². The van der Waals surface area contributed by atoms with Gasteiger partial charge in [0, 0.05) is 38.6 Å². The zero-order valence-electron chi connectivity index (χ0n) is 13.4. The zero-order valence-corrected chi connectivity index (χ0v) is 14.2. The van der Waals surface area contributed by atoms with Crippen LogP contribution < -0.4 is 10.2 Å². The van der Waals surface area contributed by atoms with Crippen LogP contribution in [0.4, 0.5) is 4.39 Å². The summed E-state index contributed by atoms with van der Waals surface area (Å²) in [5.74, 6) is 0.0258. The average molecular weight is 349 g/mol.